The Kier molecular flexibility index (Phi) is 5.50. The van der Waals surface area contributed by atoms with E-state index in [9.17, 15) is 18.3 Å². The highest BCUT2D eigenvalue weighted by Crippen LogP contribution is 2.57. The summed E-state index contributed by atoms with van der Waals surface area (Å²) in [4.78, 5) is 8.90. The Labute approximate surface area is 172 Å². The number of hydrogen-bond acceptors (Lipinski definition) is 5. The highest BCUT2D eigenvalue weighted by atomic mass is 19.4. The van der Waals surface area contributed by atoms with Gasteiger partial charge in [-0.1, -0.05) is 12.8 Å². The fourth-order valence-corrected chi connectivity index (χ4v) is 5.83. The summed E-state index contributed by atoms with van der Waals surface area (Å²) in [6, 6.07) is 2.65. The van der Waals surface area contributed by atoms with E-state index in [1.807, 2.05) is 0 Å². The Bertz CT molecular complexity index is 825. The zero-order valence-electron chi connectivity index (χ0n) is 16.6. The minimum absolute atomic E-state index is 0.280. The summed E-state index contributed by atoms with van der Waals surface area (Å²) in [6.45, 7) is 2.72. The maximum Gasteiger partial charge on any atom is 0.490 e. The van der Waals surface area contributed by atoms with Gasteiger partial charge in [0.1, 0.15) is 0 Å². The molecule has 6 nitrogen and oxygen atoms in total. The molecule has 1 aromatic rings. The molecule has 2 bridgehead atoms. The molecule has 2 aliphatic carbocycles. The fraction of sp³-hybridized carbons (Fsp3) is 0.667. The van der Waals surface area contributed by atoms with E-state index in [2.05, 4.69) is 16.7 Å². The van der Waals surface area contributed by atoms with Crippen molar-refractivity contribution < 1.29 is 32.9 Å². The third kappa shape index (κ3) is 3.57. The van der Waals surface area contributed by atoms with Crippen LogP contribution in [0.1, 0.15) is 49.7 Å². The lowest BCUT2D eigenvalue weighted by molar-refractivity contribution is -0.192. The first-order valence-corrected chi connectivity index (χ1v) is 10.5. The number of hydrogen-bond donors (Lipinski definition) is 4. The van der Waals surface area contributed by atoms with Crippen molar-refractivity contribution in [2.75, 3.05) is 25.0 Å². The molecular formula is C21H27F3N2O4. The molecule has 5 rings (SSSR count). The normalized spacial score (nSPS) is 29.4. The molecule has 2 fully saturated rings. The number of rotatable bonds is 0. The summed E-state index contributed by atoms with van der Waals surface area (Å²) in [5.41, 5.74) is 4.20. The number of phenolic OH excluding ortho intramolecular Hbond substituents is 1. The molecule has 2 aliphatic heterocycles. The number of aliphatic carboxylic acids is 1. The number of ether oxygens (including phenoxy) is 1. The number of phenols is 1. The van der Waals surface area contributed by atoms with E-state index < -0.39 is 12.1 Å². The summed E-state index contributed by atoms with van der Waals surface area (Å²) < 4.78 is 37.6. The molecule has 3 atom stereocenters. The maximum atomic E-state index is 10.6. The molecule has 0 radical (unpaired) electrons. The summed E-state index contributed by atoms with van der Waals surface area (Å²) >= 11 is 0. The largest absolute Gasteiger partial charge is 0.504 e. The van der Waals surface area contributed by atoms with Crippen LogP contribution in [0.5, 0.6) is 11.5 Å². The molecule has 0 amide bonds. The Morgan fingerprint density at radius 1 is 1.20 bits per heavy atom. The number of anilines is 1. The highest BCUT2D eigenvalue weighted by Gasteiger charge is 2.52. The zero-order chi connectivity index (χ0) is 21.5. The van der Waals surface area contributed by atoms with Crippen molar-refractivity contribution in [1.82, 2.24) is 5.32 Å². The molecule has 30 heavy (non-hydrogen) atoms. The van der Waals surface area contributed by atoms with Gasteiger partial charge in [-0.25, -0.2) is 4.79 Å². The van der Waals surface area contributed by atoms with E-state index in [0.717, 1.165) is 37.5 Å². The zero-order valence-corrected chi connectivity index (χ0v) is 16.6. The number of carbonyl (C=O) groups is 1. The average Bonchev–Trinajstić information content (AvgIpc) is 2.96. The molecule has 9 heteroatoms. The number of fused-ring (bicyclic) bond motifs is 3. The molecular weight excluding hydrogens is 401 g/mol. The van der Waals surface area contributed by atoms with E-state index in [1.54, 1.807) is 0 Å². The Morgan fingerprint density at radius 2 is 1.97 bits per heavy atom. The Hall–Kier alpha value is -2.16. The van der Waals surface area contributed by atoms with Crippen molar-refractivity contribution in [3.8, 4) is 11.5 Å². The van der Waals surface area contributed by atoms with Crippen LogP contribution in [0.3, 0.4) is 0 Å². The molecule has 4 N–H and O–H groups in total. The van der Waals surface area contributed by atoms with Gasteiger partial charge in [-0.2, -0.15) is 13.2 Å². The van der Waals surface area contributed by atoms with Crippen molar-refractivity contribution in [3.05, 3.63) is 17.2 Å². The van der Waals surface area contributed by atoms with Crippen molar-refractivity contribution >= 4 is 11.7 Å². The average molecular weight is 428 g/mol. The highest BCUT2D eigenvalue weighted by molar-refractivity contribution is 5.73. The number of halogens is 3. The molecule has 1 aromatic carbocycles. The van der Waals surface area contributed by atoms with Crippen LogP contribution in [0, 0.1) is 5.92 Å². The Balaban J connectivity index is 0.000000272. The number of nitrogens with one attached hydrogen (secondary N) is 2. The van der Waals surface area contributed by atoms with Crippen LogP contribution >= 0.6 is 0 Å². The summed E-state index contributed by atoms with van der Waals surface area (Å²) in [5.74, 6) is -0.997. The summed E-state index contributed by atoms with van der Waals surface area (Å²) in [6.07, 6.45) is 3.47. The first-order chi connectivity index (χ1) is 14.2. The summed E-state index contributed by atoms with van der Waals surface area (Å²) in [5, 5.41) is 25.1. The van der Waals surface area contributed by atoms with Gasteiger partial charge >= 0.3 is 12.1 Å². The van der Waals surface area contributed by atoms with Crippen LogP contribution in [-0.4, -0.2) is 48.1 Å². The lowest BCUT2D eigenvalue weighted by Gasteiger charge is -2.56. The van der Waals surface area contributed by atoms with Gasteiger partial charge < -0.3 is 25.6 Å². The molecule has 0 aromatic heterocycles. The SMILES string of the molecule is O=C(O)C(F)(F)F.Oc1cc2c(c3c1OCCCN3)C[C@@H]1NCC[C@]23CCCC[C@H]13. The third-order valence-corrected chi connectivity index (χ3v) is 7.00. The van der Waals surface area contributed by atoms with Crippen molar-refractivity contribution in [3.63, 3.8) is 0 Å². The van der Waals surface area contributed by atoms with Gasteiger partial charge in [0, 0.05) is 18.0 Å². The van der Waals surface area contributed by atoms with Gasteiger partial charge in [-0.05, 0) is 61.8 Å². The van der Waals surface area contributed by atoms with Crippen LogP contribution < -0.4 is 15.4 Å². The molecule has 166 valence electrons. The molecule has 0 spiro atoms. The lowest BCUT2D eigenvalue weighted by atomic mass is 9.52. The molecule has 1 saturated carbocycles. The summed E-state index contributed by atoms with van der Waals surface area (Å²) in [7, 11) is 0. The smallest absolute Gasteiger partial charge is 0.490 e. The second kappa shape index (κ2) is 7.83. The van der Waals surface area contributed by atoms with Gasteiger partial charge in [-0.3, -0.25) is 0 Å². The van der Waals surface area contributed by atoms with Crippen LogP contribution in [0.4, 0.5) is 18.9 Å². The number of piperidine rings is 1. The Morgan fingerprint density at radius 3 is 2.70 bits per heavy atom. The topological polar surface area (TPSA) is 90.8 Å². The third-order valence-electron chi connectivity index (χ3n) is 7.00. The fourth-order valence-electron chi connectivity index (χ4n) is 5.83. The van der Waals surface area contributed by atoms with E-state index in [1.165, 1.54) is 43.2 Å². The molecule has 0 unspecified atom stereocenters. The van der Waals surface area contributed by atoms with Crippen LogP contribution in [0.15, 0.2) is 6.07 Å². The van der Waals surface area contributed by atoms with E-state index in [4.69, 9.17) is 14.6 Å². The number of carboxylic acid groups (broad SMARTS) is 1. The molecule has 4 aliphatic rings. The minimum atomic E-state index is -5.08. The van der Waals surface area contributed by atoms with Crippen molar-refractivity contribution in [1.29, 1.82) is 0 Å². The van der Waals surface area contributed by atoms with Gasteiger partial charge in [0.05, 0.1) is 12.3 Å². The van der Waals surface area contributed by atoms with Crippen molar-refractivity contribution in [2.24, 2.45) is 5.92 Å². The first kappa shape index (κ1) is 21.1. The van der Waals surface area contributed by atoms with Gasteiger partial charge in [-0.15, -0.1) is 0 Å². The van der Waals surface area contributed by atoms with E-state index in [0.29, 0.717) is 24.1 Å². The van der Waals surface area contributed by atoms with Crippen LogP contribution in [0.25, 0.3) is 0 Å². The predicted octanol–water partition coefficient (Wildman–Crippen LogP) is 3.57. The van der Waals surface area contributed by atoms with E-state index in [-0.39, 0.29) is 5.41 Å². The standard InChI is InChI=1S/C19H26N2O2.C2HF3O2/c22-16-11-14-12(17-18(16)23-9-3-7-21-17)10-15-13-4-1-2-5-19(13,14)6-8-20-15;3-2(4,5)1(6)7/h11,13,15,20-22H,1-10H2;(H,6,7)/t13-,15+,19+;/m1./s1. The van der Waals surface area contributed by atoms with Crippen LogP contribution in [-0.2, 0) is 16.6 Å². The monoisotopic (exact) mass is 428 g/mol. The number of benzene rings is 1. The number of alkyl halides is 3. The van der Waals surface area contributed by atoms with Gasteiger partial charge in [0.2, 0.25) is 0 Å². The van der Waals surface area contributed by atoms with Crippen molar-refractivity contribution in [2.45, 2.75) is 62.6 Å². The first-order valence-electron chi connectivity index (χ1n) is 10.5. The minimum Gasteiger partial charge on any atom is -0.504 e. The molecule has 2 heterocycles. The number of aromatic hydroxyl groups is 1. The predicted molar refractivity (Wildman–Crippen MR) is 104 cm³/mol. The second-order valence-electron chi connectivity index (χ2n) is 8.58. The lowest BCUT2D eigenvalue weighted by Crippen LogP contribution is -2.59. The second-order valence-corrected chi connectivity index (χ2v) is 8.58. The van der Waals surface area contributed by atoms with Gasteiger partial charge in [0.25, 0.3) is 0 Å². The van der Waals surface area contributed by atoms with Crippen LogP contribution in [0.2, 0.25) is 0 Å². The maximum absolute atomic E-state index is 10.6. The number of carboxylic acids is 1. The molecule has 1 saturated heterocycles. The van der Waals surface area contributed by atoms with E-state index >= 15 is 0 Å². The quantitative estimate of drug-likeness (QED) is 0.505. The van der Waals surface area contributed by atoms with Gasteiger partial charge in [0.15, 0.2) is 11.5 Å².